The van der Waals surface area contributed by atoms with Crippen molar-refractivity contribution in [3.05, 3.63) is 24.4 Å². The summed E-state index contributed by atoms with van der Waals surface area (Å²) in [6.45, 7) is 11.2. The van der Waals surface area contributed by atoms with Crippen molar-refractivity contribution in [3.63, 3.8) is 0 Å². The summed E-state index contributed by atoms with van der Waals surface area (Å²) < 4.78 is 0. The minimum Gasteiger partial charge on any atom is -0.366 e. The average Bonchev–Trinajstić information content (AvgIpc) is 2.56. The standard InChI is InChI=1S/C21H36N2/c1-6-9-15-21(7-2)16-13-11-10-12-14-20(4)17-18-23(5)19-22-8-3/h8,16,19-20H,3,7,10-15,17-18H2,1-2,4-5H3/b21-16+,22-19?. The Labute approximate surface area is 144 Å². The Bertz CT molecular complexity index is 409. The van der Waals surface area contributed by atoms with Gasteiger partial charge in [-0.3, -0.25) is 0 Å². The zero-order chi connectivity index (χ0) is 17.3. The molecule has 2 heteroatoms. The van der Waals surface area contributed by atoms with Crippen LogP contribution in [0.25, 0.3) is 0 Å². The van der Waals surface area contributed by atoms with Gasteiger partial charge in [0, 0.05) is 26.2 Å². The Kier molecular flexibility index (Phi) is 14.4. The first kappa shape index (κ1) is 21.5. The first-order valence-corrected chi connectivity index (χ1v) is 9.05. The lowest BCUT2D eigenvalue weighted by Crippen LogP contribution is -2.19. The molecule has 0 aromatic carbocycles. The molecule has 1 atom stereocenters. The molecule has 0 amide bonds. The summed E-state index contributed by atoms with van der Waals surface area (Å²) in [6.07, 6.45) is 15.7. The van der Waals surface area contributed by atoms with E-state index >= 15 is 0 Å². The Balaban J connectivity index is 3.70. The summed E-state index contributed by atoms with van der Waals surface area (Å²) in [6, 6.07) is 0. The van der Waals surface area contributed by atoms with Crippen LogP contribution in [0.5, 0.6) is 0 Å². The Morgan fingerprint density at radius 2 is 2.04 bits per heavy atom. The van der Waals surface area contributed by atoms with E-state index in [-0.39, 0.29) is 0 Å². The van der Waals surface area contributed by atoms with E-state index in [1.54, 1.807) is 6.20 Å². The Morgan fingerprint density at radius 1 is 1.26 bits per heavy atom. The first-order chi connectivity index (χ1) is 11.1. The predicted molar refractivity (Wildman–Crippen MR) is 105 cm³/mol. The molecule has 0 rings (SSSR count). The molecule has 0 heterocycles. The summed E-state index contributed by atoms with van der Waals surface area (Å²) in [7, 11) is 2.07. The van der Waals surface area contributed by atoms with Gasteiger partial charge in [0.1, 0.15) is 0 Å². The molecule has 0 aliphatic carbocycles. The second-order valence-corrected chi connectivity index (χ2v) is 6.28. The number of allylic oxidation sites excluding steroid dienone is 2. The van der Waals surface area contributed by atoms with E-state index < -0.39 is 0 Å². The number of rotatable bonds is 13. The zero-order valence-corrected chi connectivity index (χ0v) is 15.8. The molecule has 1 unspecified atom stereocenters. The highest BCUT2D eigenvalue weighted by molar-refractivity contribution is 5.55. The third kappa shape index (κ3) is 13.9. The van der Waals surface area contributed by atoms with Gasteiger partial charge in [-0.2, -0.15) is 0 Å². The molecule has 0 radical (unpaired) electrons. The molecule has 130 valence electrons. The SMILES string of the molecule is C=CN=CN(C)CCC(C)CCCCC/C=C(\CC)CC#CC. The maximum atomic E-state index is 4.04. The van der Waals surface area contributed by atoms with Crippen LogP contribution in [-0.4, -0.2) is 24.8 Å². The van der Waals surface area contributed by atoms with Crippen LogP contribution >= 0.6 is 0 Å². The molecule has 0 bridgehead atoms. The zero-order valence-electron chi connectivity index (χ0n) is 15.8. The van der Waals surface area contributed by atoms with Crippen molar-refractivity contribution in [2.24, 2.45) is 10.9 Å². The van der Waals surface area contributed by atoms with Crippen molar-refractivity contribution in [3.8, 4) is 11.8 Å². The second kappa shape index (κ2) is 15.4. The summed E-state index contributed by atoms with van der Waals surface area (Å²) >= 11 is 0. The topological polar surface area (TPSA) is 15.6 Å². The van der Waals surface area contributed by atoms with Gasteiger partial charge < -0.3 is 4.90 Å². The Hall–Kier alpha value is -1.49. The fourth-order valence-electron chi connectivity index (χ4n) is 2.45. The number of hydrogen-bond acceptors (Lipinski definition) is 1. The fourth-order valence-corrected chi connectivity index (χ4v) is 2.45. The van der Waals surface area contributed by atoms with Crippen LogP contribution in [0.15, 0.2) is 29.4 Å². The number of aliphatic imine (C=N–C) groups is 1. The molecular weight excluding hydrogens is 280 g/mol. The van der Waals surface area contributed by atoms with Gasteiger partial charge in [0.15, 0.2) is 0 Å². The van der Waals surface area contributed by atoms with Crippen molar-refractivity contribution in [1.82, 2.24) is 4.90 Å². The second-order valence-electron chi connectivity index (χ2n) is 6.28. The van der Waals surface area contributed by atoms with Crippen LogP contribution < -0.4 is 0 Å². The van der Waals surface area contributed by atoms with Gasteiger partial charge in [-0.05, 0) is 38.5 Å². The van der Waals surface area contributed by atoms with Crippen LogP contribution in [0.3, 0.4) is 0 Å². The number of unbranched alkanes of at least 4 members (excludes halogenated alkanes) is 3. The average molecular weight is 317 g/mol. The fraction of sp³-hybridized carbons (Fsp3) is 0.667. The van der Waals surface area contributed by atoms with E-state index in [0.29, 0.717) is 0 Å². The normalized spacial score (nSPS) is 12.8. The lowest BCUT2D eigenvalue weighted by Gasteiger charge is -2.16. The van der Waals surface area contributed by atoms with E-state index in [4.69, 9.17) is 0 Å². The van der Waals surface area contributed by atoms with E-state index in [2.05, 4.69) is 55.3 Å². The van der Waals surface area contributed by atoms with Gasteiger partial charge in [0.25, 0.3) is 0 Å². The van der Waals surface area contributed by atoms with E-state index in [9.17, 15) is 0 Å². The number of nitrogens with zero attached hydrogens (tertiary/aromatic N) is 2. The van der Waals surface area contributed by atoms with Crippen LogP contribution in [0.1, 0.15) is 72.1 Å². The summed E-state index contributed by atoms with van der Waals surface area (Å²) in [4.78, 5) is 6.17. The molecule has 0 aromatic heterocycles. The molecule has 0 saturated heterocycles. The van der Waals surface area contributed by atoms with Gasteiger partial charge in [-0.25, -0.2) is 4.99 Å². The van der Waals surface area contributed by atoms with Crippen molar-refractivity contribution < 1.29 is 0 Å². The smallest absolute Gasteiger partial charge is 0.0902 e. The van der Waals surface area contributed by atoms with Gasteiger partial charge >= 0.3 is 0 Å². The van der Waals surface area contributed by atoms with Gasteiger partial charge in [0.05, 0.1) is 6.34 Å². The minimum absolute atomic E-state index is 0.788. The molecule has 2 nitrogen and oxygen atoms in total. The van der Waals surface area contributed by atoms with Crippen molar-refractivity contribution >= 4 is 6.34 Å². The largest absolute Gasteiger partial charge is 0.366 e. The van der Waals surface area contributed by atoms with Crippen LogP contribution in [0, 0.1) is 17.8 Å². The highest BCUT2D eigenvalue weighted by Gasteiger charge is 2.03. The highest BCUT2D eigenvalue weighted by Crippen LogP contribution is 2.15. The third-order valence-electron chi connectivity index (χ3n) is 4.12. The maximum Gasteiger partial charge on any atom is 0.0902 e. The van der Waals surface area contributed by atoms with Gasteiger partial charge in [-0.15, -0.1) is 5.92 Å². The molecule has 0 aliphatic rings. The van der Waals surface area contributed by atoms with Crippen molar-refractivity contribution in [1.29, 1.82) is 0 Å². The molecule has 0 aromatic rings. The van der Waals surface area contributed by atoms with Crippen molar-refractivity contribution in [2.45, 2.75) is 72.1 Å². The van der Waals surface area contributed by atoms with Gasteiger partial charge in [-0.1, -0.05) is 57.3 Å². The lowest BCUT2D eigenvalue weighted by molar-refractivity contribution is 0.399. The molecule has 23 heavy (non-hydrogen) atoms. The monoisotopic (exact) mass is 316 g/mol. The maximum absolute atomic E-state index is 4.04. The quantitative estimate of drug-likeness (QED) is 0.137. The third-order valence-corrected chi connectivity index (χ3v) is 4.12. The van der Waals surface area contributed by atoms with E-state index in [0.717, 1.165) is 25.3 Å². The summed E-state index contributed by atoms with van der Waals surface area (Å²) in [5.41, 5.74) is 1.50. The first-order valence-electron chi connectivity index (χ1n) is 9.05. The molecule has 0 N–H and O–H groups in total. The summed E-state index contributed by atoms with van der Waals surface area (Å²) in [5.74, 6) is 6.93. The van der Waals surface area contributed by atoms with Crippen LogP contribution in [0.4, 0.5) is 0 Å². The highest BCUT2D eigenvalue weighted by atomic mass is 15.1. The van der Waals surface area contributed by atoms with Crippen molar-refractivity contribution in [2.75, 3.05) is 13.6 Å². The predicted octanol–water partition coefficient (Wildman–Crippen LogP) is 5.82. The Morgan fingerprint density at radius 3 is 2.70 bits per heavy atom. The van der Waals surface area contributed by atoms with E-state index in [1.165, 1.54) is 44.1 Å². The molecule has 0 spiro atoms. The van der Waals surface area contributed by atoms with Crippen LogP contribution in [-0.2, 0) is 0 Å². The van der Waals surface area contributed by atoms with E-state index in [1.807, 2.05) is 13.3 Å². The number of hydrogen-bond donors (Lipinski definition) is 0. The van der Waals surface area contributed by atoms with Gasteiger partial charge in [0.2, 0.25) is 0 Å². The molecular formula is C21H36N2. The molecule has 0 aliphatic heterocycles. The van der Waals surface area contributed by atoms with Crippen LogP contribution in [0.2, 0.25) is 0 Å². The lowest BCUT2D eigenvalue weighted by atomic mass is 9.99. The molecule has 0 saturated carbocycles. The summed E-state index contributed by atoms with van der Waals surface area (Å²) in [5, 5.41) is 0. The minimum atomic E-state index is 0.788. The molecule has 0 fully saturated rings.